The van der Waals surface area contributed by atoms with Crippen LogP contribution in [0.2, 0.25) is 0 Å². The number of pyridine rings is 1. The molecule has 0 amide bonds. The average molecular weight is 265 g/mol. The first-order valence-corrected chi connectivity index (χ1v) is 5.09. The lowest BCUT2D eigenvalue weighted by molar-refractivity contribution is -0.276. The molecule has 92 valence electrons. The van der Waals surface area contributed by atoms with Crippen LogP contribution < -0.4 is 4.74 Å². The highest BCUT2D eigenvalue weighted by atomic mass is 35.5. The molecular weight excluding hydrogens is 257 g/mol. The fourth-order valence-electron chi connectivity index (χ4n) is 1.29. The fourth-order valence-corrected chi connectivity index (χ4v) is 1.43. The topological polar surface area (TPSA) is 45.9 Å². The van der Waals surface area contributed by atoms with Crippen molar-refractivity contribution in [3.63, 3.8) is 0 Å². The Bertz CT molecular complexity index is 454. The van der Waals surface area contributed by atoms with Gasteiger partial charge < -0.3 is 4.74 Å². The molecule has 0 bridgehead atoms. The standard InChI is InChI=1S/C10H8ClF3N2O/c1-6-4-7(5-11)16-9(8(6)2-3-15)17-10(12,13)14/h4H,2,5H2,1H3. The van der Waals surface area contributed by atoms with Gasteiger partial charge in [0.2, 0.25) is 5.88 Å². The SMILES string of the molecule is Cc1cc(CCl)nc(OC(F)(F)F)c1CC#N. The molecule has 0 saturated carbocycles. The van der Waals surface area contributed by atoms with E-state index in [9.17, 15) is 13.2 Å². The molecule has 1 rings (SSSR count). The molecule has 0 fully saturated rings. The van der Waals surface area contributed by atoms with Crippen molar-refractivity contribution in [1.82, 2.24) is 4.98 Å². The number of nitrogens with zero attached hydrogens (tertiary/aromatic N) is 2. The summed E-state index contributed by atoms with van der Waals surface area (Å²) in [6.45, 7) is 1.58. The van der Waals surface area contributed by atoms with Crippen molar-refractivity contribution < 1.29 is 17.9 Å². The maximum Gasteiger partial charge on any atom is 0.574 e. The lowest BCUT2D eigenvalue weighted by Gasteiger charge is -2.13. The molecule has 3 nitrogen and oxygen atoms in total. The van der Waals surface area contributed by atoms with Gasteiger partial charge in [0.1, 0.15) is 0 Å². The van der Waals surface area contributed by atoms with Crippen molar-refractivity contribution in [3.8, 4) is 11.9 Å². The van der Waals surface area contributed by atoms with Gasteiger partial charge in [-0.3, -0.25) is 0 Å². The van der Waals surface area contributed by atoms with E-state index in [4.69, 9.17) is 16.9 Å². The van der Waals surface area contributed by atoms with Crippen molar-refractivity contribution >= 4 is 11.6 Å². The number of alkyl halides is 4. The molecule has 1 aromatic rings. The molecule has 0 aromatic carbocycles. The summed E-state index contributed by atoms with van der Waals surface area (Å²) in [5, 5.41) is 8.55. The van der Waals surface area contributed by atoms with Crippen LogP contribution in [-0.4, -0.2) is 11.3 Å². The Morgan fingerprint density at radius 1 is 1.53 bits per heavy atom. The Hall–Kier alpha value is -1.48. The Morgan fingerprint density at radius 2 is 2.18 bits per heavy atom. The molecule has 0 N–H and O–H groups in total. The zero-order chi connectivity index (χ0) is 13.1. The van der Waals surface area contributed by atoms with Crippen LogP contribution in [0.4, 0.5) is 13.2 Å². The summed E-state index contributed by atoms with van der Waals surface area (Å²) >= 11 is 5.51. The van der Waals surface area contributed by atoms with Gasteiger partial charge in [0.05, 0.1) is 24.1 Å². The normalized spacial score (nSPS) is 11.1. The summed E-state index contributed by atoms with van der Waals surface area (Å²) in [7, 11) is 0. The van der Waals surface area contributed by atoms with Crippen LogP contribution in [0.25, 0.3) is 0 Å². The molecule has 0 radical (unpaired) electrons. The van der Waals surface area contributed by atoms with Gasteiger partial charge in [-0.05, 0) is 18.6 Å². The van der Waals surface area contributed by atoms with Crippen LogP contribution in [0.3, 0.4) is 0 Å². The predicted octanol–water partition coefficient (Wildman–Crippen LogP) is 3.09. The van der Waals surface area contributed by atoms with Gasteiger partial charge in [-0.25, -0.2) is 4.98 Å². The van der Waals surface area contributed by atoms with Gasteiger partial charge in [0.15, 0.2) is 0 Å². The molecule has 0 spiro atoms. The van der Waals surface area contributed by atoms with E-state index >= 15 is 0 Å². The number of aryl methyl sites for hydroxylation is 1. The van der Waals surface area contributed by atoms with E-state index in [2.05, 4.69) is 9.72 Å². The van der Waals surface area contributed by atoms with Gasteiger partial charge in [0, 0.05) is 5.56 Å². The highest BCUT2D eigenvalue weighted by Crippen LogP contribution is 2.28. The van der Waals surface area contributed by atoms with Crippen LogP contribution in [0.1, 0.15) is 16.8 Å². The minimum absolute atomic E-state index is 0.0259. The molecule has 1 aromatic heterocycles. The highest BCUT2D eigenvalue weighted by molar-refractivity contribution is 6.16. The van der Waals surface area contributed by atoms with Gasteiger partial charge >= 0.3 is 6.36 Å². The van der Waals surface area contributed by atoms with E-state index in [1.165, 1.54) is 6.07 Å². The van der Waals surface area contributed by atoms with E-state index in [1.807, 2.05) is 0 Å². The van der Waals surface area contributed by atoms with Crippen molar-refractivity contribution in [1.29, 1.82) is 5.26 Å². The summed E-state index contributed by atoms with van der Waals surface area (Å²) in [6, 6.07) is 3.30. The third-order valence-electron chi connectivity index (χ3n) is 1.97. The van der Waals surface area contributed by atoms with Gasteiger partial charge in [-0.2, -0.15) is 5.26 Å². The average Bonchev–Trinajstić information content (AvgIpc) is 2.20. The van der Waals surface area contributed by atoms with Gasteiger partial charge in [0.25, 0.3) is 0 Å². The zero-order valence-electron chi connectivity index (χ0n) is 8.81. The first kappa shape index (κ1) is 13.6. The van der Waals surface area contributed by atoms with Gasteiger partial charge in [-0.15, -0.1) is 24.8 Å². The number of hydrogen-bond donors (Lipinski definition) is 0. The second kappa shape index (κ2) is 5.23. The van der Waals surface area contributed by atoms with E-state index in [-0.39, 0.29) is 23.6 Å². The second-order valence-electron chi connectivity index (χ2n) is 3.23. The molecule has 0 unspecified atom stereocenters. The number of aromatic nitrogens is 1. The van der Waals surface area contributed by atoms with Crippen molar-refractivity contribution in [3.05, 3.63) is 22.9 Å². The number of hydrogen-bond acceptors (Lipinski definition) is 3. The number of nitriles is 1. The van der Waals surface area contributed by atoms with Crippen LogP contribution >= 0.6 is 11.6 Å². The molecular formula is C10H8ClF3N2O. The van der Waals surface area contributed by atoms with Gasteiger partial charge in [-0.1, -0.05) is 0 Å². The second-order valence-corrected chi connectivity index (χ2v) is 3.50. The van der Waals surface area contributed by atoms with E-state index in [1.54, 1.807) is 13.0 Å². The lowest BCUT2D eigenvalue weighted by atomic mass is 10.1. The Labute approximate surface area is 101 Å². The quantitative estimate of drug-likeness (QED) is 0.788. The predicted molar refractivity (Wildman–Crippen MR) is 54.5 cm³/mol. The van der Waals surface area contributed by atoms with Crippen molar-refractivity contribution in [2.45, 2.75) is 25.6 Å². The lowest BCUT2D eigenvalue weighted by Crippen LogP contribution is -2.19. The Balaban J connectivity index is 3.23. The van der Waals surface area contributed by atoms with Crippen molar-refractivity contribution in [2.24, 2.45) is 0 Å². The van der Waals surface area contributed by atoms with Crippen LogP contribution in [0.5, 0.6) is 5.88 Å². The molecule has 0 aliphatic heterocycles. The molecule has 7 heteroatoms. The Morgan fingerprint density at radius 3 is 2.65 bits per heavy atom. The number of halogens is 4. The van der Waals surface area contributed by atoms with E-state index in [0.717, 1.165) is 0 Å². The third-order valence-corrected chi connectivity index (χ3v) is 2.24. The number of rotatable bonds is 3. The van der Waals surface area contributed by atoms with Crippen LogP contribution in [0.15, 0.2) is 6.07 Å². The molecule has 0 aliphatic rings. The number of ether oxygens (including phenoxy) is 1. The van der Waals surface area contributed by atoms with Crippen LogP contribution in [-0.2, 0) is 12.3 Å². The maximum absolute atomic E-state index is 12.2. The first-order chi connectivity index (χ1) is 7.87. The van der Waals surface area contributed by atoms with Crippen molar-refractivity contribution in [2.75, 3.05) is 0 Å². The van der Waals surface area contributed by atoms with E-state index in [0.29, 0.717) is 5.56 Å². The monoisotopic (exact) mass is 264 g/mol. The smallest absolute Gasteiger partial charge is 0.388 e. The largest absolute Gasteiger partial charge is 0.574 e. The highest BCUT2D eigenvalue weighted by Gasteiger charge is 2.33. The Kier molecular flexibility index (Phi) is 4.18. The third kappa shape index (κ3) is 3.79. The summed E-state index contributed by atoms with van der Waals surface area (Å²) in [6.07, 6.45) is -5.04. The summed E-state index contributed by atoms with van der Waals surface area (Å²) in [4.78, 5) is 3.63. The fraction of sp³-hybridized carbons (Fsp3) is 0.400. The molecule has 17 heavy (non-hydrogen) atoms. The minimum Gasteiger partial charge on any atom is -0.388 e. The summed E-state index contributed by atoms with van der Waals surface area (Å²) in [5.74, 6) is -0.628. The molecule has 0 saturated heterocycles. The first-order valence-electron chi connectivity index (χ1n) is 4.55. The minimum atomic E-state index is -4.84. The molecule has 0 aliphatic carbocycles. The van der Waals surface area contributed by atoms with Crippen LogP contribution in [0, 0.1) is 18.3 Å². The zero-order valence-corrected chi connectivity index (χ0v) is 9.56. The summed E-state index contributed by atoms with van der Waals surface area (Å²) in [5.41, 5.74) is 0.889. The molecule has 0 atom stereocenters. The maximum atomic E-state index is 12.2. The molecule has 1 heterocycles. The summed E-state index contributed by atoms with van der Waals surface area (Å²) < 4.78 is 40.2. The van der Waals surface area contributed by atoms with E-state index < -0.39 is 12.2 Å².